The summed E-state index contributed by atoms with van der Waals surface area (Å²) in [6.45, 7) is 5.51. The van der Waals surface area contributed by atoms with Crippen molar-refractivity contribution in [1.29, 1.82) is 0 Å². The molecule has 2 atom stereocenters. The zero-order valence-electron chi connectivity index (χ0n) is 17.2. The van der Waals surface area contributed by atoms with Crippen molar-refractivity contribution in [3.8, 4) is 0 Å². The van der Waals surface area contributed by atoms with Gasteiger partial charge in [0.05, 0.1) is 12.7 Å². The highest BCUT2D eigenvalue weighted by molar-refractivity contribution is 7.19. The molecule has 1 saturated carbocycles. The topological polar surface area (TPSA) is 9.23 Å². The van der Waals surface area contributed by atoms with Crippen molar-refractivity contribution in [1.82, 2.24) is 0 Å². The van der Waals surface area contributed by atoms with E-state index in [1.54, 1.807) is 10.4 Å². The third-order valence-corrected chi connectivity index (χ3v) is 8.22. The van der Waals surface area contributed by atoms with E-state index in [2.05, 4.69) is 38.1 Å². The molecule has 1 aromatic carbocycles. The molecule has 2 heterocycles. The molecule has 4 rings (SSSR count). The quantitative estimate of drug-likeness (QED) is 0.489. The molecule has 0 N–H and O–H groups in total. The average molecular weight is 385 g/mol. The van der Waals surface area contributed by atoms with Crippen LogP contribution in [0.4, 0.5) is 0 Å². The van der Waals surface area contributed by atoms with Crippen LogP contribution >= 0.6 is 11.3 Å². The van der Waals surface area contributed by atoms with Gasteiger partial charge in [-0.3, -0.25) is 0 Å². The molecule has 0 bridgehead atoms. The Bertz CT molecular complexity index is 693. The largest absolute Gasteiger partial charge is 0.378 e. The van der Waals surface area contributed by atoms with Crippen molar-refractivity contribution in [3.05, 3.63) is 34.7 Å². The van der Waals surface area contributed by atoms with E-state index in [1.165, 1.54) is 74.3 Å². The van der Waals surface area contributed by atoms with Gasteiger partial charge in [-0.15, -0.1) is 11.3 Å². The van der Waals surface area contributed by atoms with Crippen molar-refractivity contribution in [2.24, 2.45) is 5.92 Å². The molecule has 1 aromatic heterocycles. The average Bonchev–Trinajstić information content (AvgIpc) is 3.13. The molecule has 1 aliphatic carbocycles. The maximum Gasteiger partial charge on any atom is 0.0575 e. The summed E-state index contributed by atoms with van der Waals surface area (Å²) in [7, 11) is 0. The Morgan fingerprint density at radius 1 is 0.889 bits per heavy atom. The SMILES string of the molecule is CCCC1CCC(c2ccc3cc(C4CCC(CCC)OC4)sc3c2)CC1. The number of ether oxygens (including phenoxy) is 1. The monoisotopic (exact) mass is 384 g/mol. The molecule has 27 heavy (non-hydrogen) atoms. The van der Waals surface area contributed by atoms with Gasteiger partial charge < -0.3 is 4.74 Å². The molecule has 1 aliphatic heterocycles. The Morgan fingerprint density at radius 2 is 1.67 bits per heavy atom. The van der Waals surface area contributed by atoms with Crippen LogP contribution in [0.25, 0.3) is 10.1 Å². The molecule has 0 spiro atoms. The van der Waals surface area contributed by atoms with E-state index < -0.39 is 0 Å². The van der Waals surface area contributed by atoms with Crippen LogP contribution in [-0.2, 0) is 4.74 Å². The smallest absolute Gasteiger partial charge is 0.0575 e. The van der Waals surface area contributed by atoms with Crippen molar-refractivity contribution in [2.75, 3.05) is 6.61 Å². The van der Waals surface area contributed by atoms with Crippen LogP contribution < -0.4 is 0 Å². The zero-order chi connectivity index (χ0) is 18.6. The first kappa shape index (κ1) is 19.5. The Labute approximate surface area is 169 Å². The Morgan fingerprint density at radius 3 is 2.37 bits per heavy atom. The summed E-state index contributed by atoms with van der Waals surface area (Å²) < 4.78 is 7.63. The van der Waals surface area contributed by atoms with Gasteiger partial charge in [-0.2, -0.15) is 0 Å². The molecule has 2 aliphatic rings. The van der Waals surface area contributed by atoms with Gasteiger partial charge in [-0.05, 0) is 79.9 Å². The van der Waals surface area contributed by atoms with Crippen LogP contribution in [0.15, 0.2) is 24.3 Å². The van der Waals surface area contributed by atoms with Gasteiger partial charge in [0.2, 0.25) is 0 Å². The Hall–Kier alpha value is -0.860. The third-order valence-electron chi connectivity index (χ3n) is 6.96. The van der Waals surface area contributed by atoms with E-state index in [-0.39, 0.29) is 0 Å². The van der Waals surface area contributed by atoms with Gasteiger partial charge in [0.15, 0.2) is 0 Å². The molecule has 1 saturated heterocycles. The summed E-state index contributed by atoms with van der Waals surface area (Å²) in [6, 6.07) is 9.75. The normalized spacial score (nSPS) is 29.3. The fraction of sp³-hybridized carbons (Fsp3) is 0.680. The van der Waals surface area contributed by atoms with Crippen molar-refractivity contribution < 1.29 is 4.74 Å². The van der Waals surface area contributed by atoms with Crippen LogP contribution in [0.2, 0.25) is 0 Å². The van der Waals surface area contributed by atoms with Crippen LogP contribution in [0.1, 0.15) is 100 Å². The molecule has 148 valence electrons. The number of rotatable bonds is 6. The van der Waals surface area contributed by atoms with Gasteiger partial charge in [0.1, 0.15) is 0 Å². The summed E-state index contributed by atoms with van der Waals surface area (Å²) in [5.41, 5.74) is 1.59. The van der Waals surface area contributed by atoms with Crippen LogP contribution in [0.5, 0.6) is 0 Å². The van der Waals surface area contributed by atoms with E-state index >= 15 is 0 Å². The molecule has 2 fully saturated rings. The lowest BCUT2D eigenvalue weighted by Crippen LogP contribution is -2.24. The number of fused-ring (bicyclic) bond motifs is 1. The lowest BCUT2D eigenvalue weighted by Gasteiger charge is -2.28. The minimum Gasteiger partial charge on any atom is -0.378 e. The molecular formula is C25H36OS. The molecule has 0 radical (unpaired) electrons. The standard InChI is InChI=1S/C25H36OS/c1-3-5-18-7-9-19(10-8-18)20-11-12-21-16-25(27-24(21)15-20)22-13-14-23(6-4-2)26-17-22/h11-12,15-16,18-19,22-23H,3-10,13-14,17H2,1-2H3. The lowest BCUT2D eigenvalue weighted by atomic mass is 9.77. The van der Waals surface area contributed by atoms with Crippen molar-refractivity contribution >= 4 is 21.4 Å². The first-order chi connectivity index (χ1) is 13.3. The second-order valence-corrected chi connectivity index (χ2v) is 10.1. The molecule has 2 unspecified atom stereocenters. The Balaban J connectivity index is 1.42. The number of thiophene rings is 1. The van der Waals surface area contributed by atoms with Gasteiger partial charge in [-0.25, -0.2) is 0 Å². The van der Waals surface area contributed by atoms with Gasteiger partial charge in [0, 0.05) is 15.5 Å². The summed E-state index contributed by atoms with van der Waals surface area (Å²) in [4.78, 5) is 1.55. The Kier molecular flexibility index (Phi) is 6.55. The van der Waals surface area contributed by atoms with Crippen LogP contribution in [0, 0.1) is 5.92 Å². The predicted molar refractivity (Wildman–Crippen MR) is 118 cm³/mol. The van der Waals surface area contributed by atoms with Crippen LogP contribution in [-0.4, -0.2) is 12.7 Å². The second kappa shape index (κ2) is 9.09. The van der Waals surface area contributed by atoms with E-state index in [4.69, 9.17) is 4.74 Å². The fourth-order valence-electron chi connectivity index (χ4n) is 5.30. The molecule has 2 aromatic rings. The second-order valence-electron chi connectivity index (χ2n) is 8.97. The van der Waals surface area contributed by atoms with Gasteiger partial charge in [-0.1, -0.05) is 45.2 Å². The lowest BCUT2D eigenvalue weighted by molar-refractivity contribution is -0.000462. The van der Waals surface area contributed by atoms with Crippen molar-refractivity contribution in [2.45, 2.75) is 96.0 Å². The molecule has 0 amide bonds. The number of hydrogen-bond donors (Lipinski definition) is 0. The predicted octanol–water partition coefficient (Wildman–Crippen LogP) is 8.04. The van der Waals surface area contributed by atoms with E-state index in [0.717, 1.165) is 18.4 Å². The zero-order valence-corrected chi connectivity index (χ0v) is 18.0. The van der Waals surface area contributed by atoms with E-state index in [9.17, 15) is 0 Å². The molecule has 2 heteroatoms. The van der Waals surface area contributed by atoms with Crippen LogP contribution in [0.3, 0.4) is 0 Å². The highest BCUT2D eigenvalue weighted by atomic mass is 32.1. The molecular weight excluding hydrogens is 348 g/mol. The van der Waals surface area contributed by atoms with Gasteiger partial charge in [0.25, 0.3) is 0 Å². The summed E-state index contributed by atoms with van der Waals surface area (Å²) >= 11 is 2.03. The maximum absolute atomic E-state index is 6.14. The van der Waals surface area contributed by atoms with E-state index in [1.807, 2.05) is 11.3 Å². The summed E-state index contributed by atoms with van der Waals surface area (Å²) in [5, 5.41) is 1.44. The summed E-state index contributed by atoms with van der Waals surface area (Å²) in [5.74, 6) is 2.40. The van der Waals surface area contributed by atoms with E-state index in [0.29, 0.717) is 12.0 Å². The first-order valence-electron chi connectivity index (χ1n) is 11.4. The fourth-order valence-corrected chi connectivity index (χ4v) is 6.53. The number of benzene rings is 1. The van der Waals surface area contributed by atoms with Crippen molar-refractivity contribution in [3.63, 3.8) is 0 Å². The third kappa shape index (κ3) is 4.59. The minimum atomic E-state index is 0.509. The highest BCUT2D eigenvalue weighted by Crippen LogP contribution is 2.41. The maximum atomic E-state index is 6.14. The minimum absolute atomic E-state index is 0.509. The van der Waals surface area contributed by atoms with Gasteiger partial charge >= 0.3 is 0 Å². The summed E-state index contributed by atoms with van der Waals surface area (Å²) in [6.07, 6.45) is 13.9. The first-order valence-corrected chi connectivity index (χ1v) is 12.2. The highest BCUT2D eigenvalue weighted by Gasteiger charge is 2.25. The number of hydrogen-bond acceptors (Lipinski definition) is 2. The molecule has 1 nitrogen and oxygen atoms in total.